The summed E-state index contributed by atoms with van der Waals surface area (Å²) >= 11 is 0. The van der Waals surface area contributed by atoms with E-state index < -0.39 is 0 Å². The van der Waals surface area contributed by atoms with Crippen molar-refractivity contribution in [3.8, 4) is 5.75 Å². The van der Waals surface area contributed by atoms with Crippen molar-refractivity contribution in [2.45, 2.75) is 75.5 Å². The Morgan fingerprint density at radius 1 is 1.05 bits per heavy atom. The number of hydrogen-bond donors (Lipinski definition) is 1. The molecule has 0 heterocycles. The van der Waals surface area contributed by atoms with E-state index in [-0.39, 0.29) is 5.41 Å². The van der Waals surface area contributed by atoms with Gasteiger partial charge >= 0.3 is 0 Å². The maximum Gasteiger partial charge on any atom is 0.122 e. The van der Waals surface area contributed by atoms with Gasteiger partial charge < -0.3 is 10.5 Å². The molecule has 2 aliphatic rings. The Morgan fingerprint density at radius 2 is 1.73 bits per heavy atom. The minimum absolute atomic E-state index is 0.147. The summed E-state index contributed by atoms with van der Waals surface area (Å²) < 4.78 is 5.71. The normalized spacial score (nSPS) is 22.5. The van der Waals surface area contributed by atoms with Crippen molar-refractivity contribution in [3.05, 3.63) is 29.3 Å². The Bertz CT molecular complexity index is 484. The summed E-state index contributed by atoms with van der Waals surface area (Å²) in [5.41, 5.74) is 9.33. The highest BCUT2D eigenvalue weighted by Crippen LogP contribution is 2.44. The van der Waals surface area contributed by atoms with E-state index in [1.165, 1.54) is 75.3 Å². The molecule has 0 aliphatic heterocycles. The third kappa shape index (κ3) is 3.03. The summed E-state index contributed by atoms with van der Waals surface area (Å²) in [5, 5.41) is 0. The van der Waals surface area contributed by atoms with Crippen LogP contribution in [-0.4, -0.2) is 13.7 Å². The summed E-state index contributed by atoms with van der Waals surface area (Å²) in [6, 6.07) is 6.95. The number of benzene rings is 1. The van der Waals surface area contributed by atoms with E-state index in [1.807, 2.05) is 0 Å². The average Bonchev–Trinajstić information content (AvgIpc) is 2.62. The Morgan fingerprint density at radius 3 is 2.36 bits per heavy atom. The Balaban J connectivity index is 1.96. The van der Waals surface area contributed by atoms with Gasteiger partial charge in [-0.15, -0.1) is 0 Å². The van der Waals surface area contributed by atoms with Gasteiger partial charge in [0.25, 0.3) is 0 Å². The molecular weight excluding hydrogens is 270 g/mol. The molecule has 2 saturated carbocycles. The molecule has 122 valence electrons. The Labute approximate surface area is 135 Å². The van der Waals surface area contributed by atoms with Gasteiger partial charge in [0.2, 0.25) is 0 Å². The highest BCUT2D eigenvalue weighted by molar-refractivity contribution is 5.44. The fourth-order valence-electron chi connectivity index (χ4n) is 4.64. The minimum atomic E-state index is 0.147. The van der Waals surface area contributed by atoms with Crippen LogP contribution in [0, 0.1) is 0 Å². The van der Waals surface area contributed by atoms with Gasteiger partial charge in [0.15, 0.2) is 0 Å². The maximum absolute atomic E-state index is 6.27. The van der Waals surface area contributed by atoms with Crippen molar-refractivity contribution in [2.75, 3.05) is 13.7 Å². The predicted octanol–water partition coefficient (Wildman–Crippen LogP) is 4.90. The largest absolute Gasteiger partial charge is 0.496 e. The molecule has 2 nitrogen and oxygen atoms in total. The molecule has 0 radical (unpaired) electrons. The van der Waals surface area contributed by atoms with E-state index in [2.05, 4.69) is 18.2 Å². The minimum Gasteiger partial charge on any atom is -0.496 e. The van der Waals surface area contributed by atoms with Crippen molar-refractivity contribution in [1.29, 1.82) is 0 Å². The molecule has 1 aromatic rings. The number of nitrogens with two attached hydrogens (primary N) is 1. The first-order valence-electron chi connectivity index (χ1n) is 9.17. The lowest BCUT2D eigenvalue weighted by molar-refractivity contribution is 0.287. The Hall–Kier alpha value is -1.02. The van der Waals surface area contributed by atoms with Crippen molar-refractivity contribution >= 4 is 0 Å². The van der Waals surface area contributed by atoms with Gasteiger partial charge in [-0.05, 0) is 43.2 Å². The molecule has 0 atom stereocenters. The molecule has 2 heteroatoms. The molecule has 1 aromatic carbocycles. The van der Waals surface area contributed by atoms with Crippen LogP contribution >= 0.6 is 0 Å². The smallest absolute Gasteiger partial charge is 0.122 e. The second-order valence-corrected chi connectivity index (χ2v) is 7.34. The summed E-state index contributed by atoms with van der Waals surface area (Å²) in [6.07, 6.45) is 13.3. The SMILES string of the molecule is COc1ccc(C2CCCCC2)cc1C1(CN)CCCCC1. The number of rotatable bonds is 4. The molecule has 2 N–H and O–H groups in total. The van der Waals surface area contributed by atoms with Crippen LogP contribution in [0.5, 0.6) is 5.75 Å². The fourth-order valence-corrected chi connectivity index (χ4v) is 4.64. The second-order valence-electron chi connectivity index (χ2n) is 7.34. The molecule has 3 rings (SSSR count). The fraction of sp³-hybridized carbons (Fsp3) is 0.700. The number of hydrogen-bond acceptors (Lipinski definition) is 2. The van der Waals surface area contributed by atoms with Crippen LogP contribution < -0.4 is 10.5 Å². The molecule has 0 amide bonds. The molecule has 0 bridgehead atoms. The van der Waals surface area contributed by atoms with Crippen LogP contribution in [0.3, 0.4) is 0 Å². The number of methoxy groups -OCH3 is 1. The third-order valence-corrected chi connectivity index (χ3v) is 6.07. The van der Waals surface area contributed by atoms with Gasteiger partial charge in [0, 0.05) is 17.5 Å². The van der Waals surface area contributed by atoms with Crippen LogP contribution in [-0.2, 0) is 5.41 Å². The van der Waals surface area contributed by atoms with Gasteiger partial charge in [-0.3, -0.25) is 0 Å². The van der Waals surface area contributed by atoms with E-state index in [4.69, 9.17) is 10.5 Å². The lowest BCUT2D eigenvalue weighted by atomic mass is 9.68. The van der Waals surface area contributed by atoms with Crippen LogP contribution in [0.1, 0.15) is 81.3 Å². The summed E-state index contributed by atoms with van der Waals surface area (Å²) in [5.74, 6) is 1.80. The van der Waals surface area contributed by atoms with E-state index >= 15 is 0 Å². The first kappa shape index (κ1) is 15.9. The second kappa shape index (κ2) is 7.04. The van der Waals surface area contributed by atoms with E-state index in [9.17, 15) is 0 Å². The van der Waals surface area contributed by atoms with E-state index in [0.29, 0.717) is 0 Å². The molecule has 22 heavy (non-hydrogen) atoms. The highest BCUT2D eigenvalue weighted by atomic mass is 16.5. The Kier molecular flexibility index (Phi) is 5.07. The monoisotopic (exact) mass is 301 g/mol. The van der Waals surface area contributed by atoms with Crippen LogP contribution in [0.4, 0.5) is 0 Å². The zero-order valence-electron chi connectivity index (χ0n) is 14.1. The highest BCUT2D eigenvalue weighted by Gasteiger charge is 2.35. The standard InChI is InChI=1S/C20H31NO/c1-22-19-11-10-17(16-8-4-2-5-9-16)14-18(19)20(15-21)12-6-3-7-13-20/h10-11,14,16H,2-9,12-13,15,21H2,1H3. The molecule has 0 unspecified atom stereocenters. The first-order valence-corrected chi connectivity index (χ1v) is 9.17. The zero-order chi connectivity index (χ0) is 15.4. The quantitative estimate of drug-likeness (QED) is 0.858. The van der Waals surface area contributed by atoms with E-state index in [1.54, 1.807) is 7.11 Å². The predicted molar refractivity (Wildman–Crippen MR) is 92.6 cm³/mol. The molecule has 0 spiro atoms. The summed E-state index contributed by atoms with van der Waals surface area (Å²) in [6.45, 7) is 0.747. The van der Waals surface area contributed by atoms with Gasteiger partial charge in [-0.1, -0.05) is 50.7 Å². The van der Waals surface area contributed by atoms with Crippen molar-refractivity contribution in [1.82, 2.24) is 0 Å². The average molecular weight is 301 g/mol. The maximum atomic E-state index is 6.27. The molecular formula is C20H31NO. The van der Waals surface area contributed by atoms with Crippen LogP contribution in [0.2, 0.25) is 0 Å². The van der Waals surface area contributed by atoms with Gasteiger partial charge in [0.05, 0.1) is 7.11 Å². The lowest BCUT2D eigenvalue weighted by Gasteiger charge is -2.38. The van der Waals surface area contributed by atoms with Crippen molar-refractivity contribution in [3.63, 3.8) is 0 Å². The summed E-state index contributed by atoms with van der Waals surface area (Å²) in [4.78, 5) is 0. The molecule has 0 saturated heterocycles. The van der Waals surface area contributed by atoms with Gasteiger partial charge in [0.1, 0.15) is 5.75 Å². The first-order chi connectivity index (χ1) is 10.8. The van der Waals surface area contributed by atoms with Crippen molar-refractivity contribution in [2.24, 2.45) is 5.73 Å². The molecule has 2 fully saturated rings. The topological polar surface area (TPSA) is 35.2 Å². The third-order valence-electron chi connectivity index (χ3n) is 6.07. The van der Waals surface area contributed by atoms with E-state index in [0.717, 1.165) is 18.2 Å². The summed E-state index contributed by atoms with van der Waals surface area (Å²) in [7, 11) is 1.80. The molecule has 2 aliphatic carbocycles. The zero-order valence-corrected chi connectivity index (χ0v) is 14.1. The molecule has 0 aromatic heterocycles. The van der Waals surface area contributed by atoms with Crippen molar-refractivity contribution < 1.29 is 4.74 Å². The van der Waals surface area contributed by atoms with Gasteiger partial charge in [-0.25, -0.2) is 0 Å². The lowest BCUT2D eigenvalue weighted by Crippen LogP contribution is -2.37. The van der Waals surface area contributed by atoms with Gasteiger partial charge in [-0.2, -0.15) is 0 Å². The number of ether oxygens (including phenoxy) is 1. The van der Waals surface area contributed by atoms with Crippen LogP contribution in [0.25, 0.3) is 0 Å². The van der Waals surface area contributed by atoms with Crippen LogP contribution in [0.15, 0.2) is 18.2 Å².